The molecule has 0 saturated heterocycles. The molecule has 4 atom stereocenters. The number of aliphatic hydroxyl groups excluding tert-OH is 2. The molecule has 0 amide bonds. The molecular formula is C15H29NO2. The summed E-state index contributed by atoms with van der Waals surface area (Å²) in [4.78, 5) is 2.36. The van der Waals surface area contributed by atoms with Crippen molar-refractivity contribution in [1.29, 1.82) is 0 Å². The van der Waals surface area contributed by atoms with E-state index >= 15 is 0 Å². The highest BCUT2D eigenvalue weighted by Gasteiger charge is 2.34. The van der Waals surface area contributed by atoms with Crippen LogP contribution in [0.3, 0.4) is 0 Å². The van der Waals surface area contributed by atoms with Crippen molar-refractivity contribution in [2.75, 3.05) is 20.1 Å². The Labute approximate surface area is 111 Å². The molecule has 4 unspecified atom stereocenters. The number of aliphatic hydroxyl groups is 2. The van der Waals surface area contributed by atoms with E-state index in [1.807, 2.05) is 0 Å². The lowest BCUT2D eigenvalue weighted by molar-refractivity contribution is -0.0118. The van der Waals surface area contributed by atoms with Gasteiger partial charge in [-0.25, -0.2) is 0 Å². The zero-order chi connectivity index (χ0) is 13.3. The van der Waals surface area contributed by atoms with Crippen molar-refractivity contribution in [3.05, 3.63) is 0 Å². The molecule has 2 rings (SSSR count). The first kappa shape index (κ1) is 14.3. The van der Waals surface area contributed by atoms with Crippen molar-refractivity contribution in [3.8, 4) is 0 Å². The molecule has 18 heavy (non-hydrogen) atoms. The summed E-state index contributed by atoms with van der Waals surface area (Å²) in [7, 11) is 2.15. The van der Waals surface area contributed by atoms with E-state index in [1.54, 1.807) is 0 Å². The predicted molar refractivity (Wildman–Crippen MR) is 73.3 cm³/mol. The van der Waals surface area contributed by atoms with E-state index in [2.05, 4.69) is 25.8 Å². The zero-order valence-electron chi connectivity index (χ0n) is 12.0. The van der Waals surface area contributed by atoms with Gasteiger partial charge in [0.2, 0.25) is 0 Å². The Bertz CT molecular complexity index is 253. The Kier molecular flexibility index (Phi) is 4.68. The minimum Gasteiger partial charge on any atom is -0.393 e. The molecule has 0 aromatic heterocycles. The minimum absolute atomic E-state index is 0.0524. The van der Waals surface area contributed by atoms with Crippen LogP contribution in [0.2, 0.25) is 0 Å². The molecule has 0 radical (unpaired) electrons. The van der Waals surface area contributed by atoms with Crippen LogP contribution in [0.4, 0.5) is 0 Å². The van der Waals surface area contributed by atoms with E-state index in [1.165, 1.54) is 6.42 Å². The van der Waals surface area contributed by atoms with Crippen LogP contribution in [-0.4, -0.2) is 47.5 Å². The van der Waals surface area contributed by atoms with Gasteiger partial charge in [0.25, 0.3) is 0 Å². The quantitative estimate of drug-likeness (QED) is 0.804. The first-order valence-electron chi connectivity index (χ1n) is 7.50. The third-order valence-electron chi connectivity index (χ3n) is 4.95. The molecule has 3 nitrogen and oxygen atoms in total. The molecule has 2 aliphatic rings. The average Bonchev–Trinajstić information content (AvgIpc) is 2.21. The van der Waals surface area contributed by atoms with E-state index in [4.69, 9.17) is 0 Å². The summed E-state index contributed by atoms with van der Waals surface area (Å²) in [5, 5.41) is 19.5. The lowest BCUT2D eigenvalue weighted by Gasteiger charge is -2.41. The summed E-state index contributed by atoms with van der Waals surface area (Å²) in [5.74, 6) is 2.38. The third-order valence-corrected chi connectivity index (χ3v) is 4.95. The van der Waals surface area contributed by atoms with Crippen LogP contribution in [0.15, 0.2) is 0 Å². The lowest BCUT2D eigenvalue weighted by Crippen LogP contribution is -2.44. The van der Waals surface area contributed by atoms with Gasteiger partial charge in [0.15, 0.2) is 0 Å². The topological polar surface area (TPSA) is 43.7 Å². The highest BCUT2D eigenvalue weighted by molar-refractivity contribution is 4.86. The van der Waals surface area contributed by atoms with Crippen LogP contribution < -0.4 is 0 Å². The van der Waals surface area contributed by atoms with E-state index < -0.39 is 0 Å². The largest absolute Gasteiger partial charge is 0.393 e. The van der Waals surface area contributed by atoms with Crippen LogP contribution in [-0.2, 0) is 0 Å². The van der Waals surface area contributed by atoms with Gasteiger partial charge in [0, 0.05) is 19.0 Å². The van der Waals surface area contributed by atoms with E-state index in [0.29, 0.717) is 23.7 Å². The fourth-order valence-corrected chi connectivity index (χ4v) is 3.90. The van der Waals surface area contributed by atoms with Crippen molar-refractivity contribution in [2.45, 2.75) is 51.7 Å². The summed E-state index contributed by atoms with van der Waals surface area (Å²) < 4.78 is 0. The molecule has 3 heteroatoms. The summed E-state index contributed by atoms with van der Waals surface area (Å²) in [6.07, 6.45) is 3.96. The number of hydrogen-bond donors (Lipinski definition) is 2. The summed E-state index contributed by atoms with van der Waals surface area (Å²) >= 11 is 0. The highest BCUT2D eigenvalue weighted by atomic mass is 16.3. The molecule has 0 spiro atoms. The maximum absolute atomic E-state index is 10.2. The summed E-state index contributed by atoms with van der Waals surface area (Å²) in [5.41, 5.74) is 0. The molecule has 2 saturated carbocycles. The molecule has 0 aromatic rings. The first-order chi connectivity index (χ1) is 8.45. The number of nitrogens with zero attached hydrogens (tertiary/aromatic N) is 1. The smallest absolute Gasteiger partial charge is 0.0585 e. The number of rotatable bonds is 4. The van der Waals surface area contributed by atoms with Gasteiger partial charge in [-0.1, -0.05) is 13.8 Å². The average molecular weight is 255 g/mol. The Morgan fingerprint density at radius 1 is 1.00 bits per heavy atom. The molecule has 0 heterocycles. The minimum atomic E-state index is -0.127. The normalized spacial score (nSPS) is 45.0. The van der Waals surface area contributed by atoms with Crippen molar-refractivity contribution >= 4 is 0 Å². The zero-order valence-corrected chi connectivity index (χ0v) is 12.0. The Morgan fingerprint density at radius 3 is 2.22 bits per heavy atom. The fourth-order valence-electron chi connectivity index (χ4n) is 3.90. The molecule has 0 bridgehead atoms. The van der Waals surface area contributed by atoms with E-state index in [0.717, 1.165) is 32.4 Å². The molecule has 2 fully saturated rings. The lowest BCUT2D eigenvalue weighted by atomic mass is 9.73. The maximum Gasteiger partial charge on any atom is 0.0585 e. The second-order valence-electron chi connectivity index (χ2n) is 7.00. The Hall–Kier alpha value is -0.120. The van der Waals surface area contributed by atoms with E-state index in [-0.39, 0.29) is 12.2 Å². The van der Waals surface area contributed by atoms with Gasteiger partial charge < -0.3 is 15.1 Å². The monoisotopic (exact) mass is 255 g/mol. The molecular weight excluding hydrogens is 226 g/mol. The van der Waals surface area contributed by atoms with Crippen molar-refractivity contribution < 1.29 is 10.2 Å². The SMILES string of the molecule is CC1CC(C)C(CN(C)CC2CC(O)C2)C(O)C1. The van der Waals surface area contributed by atoms with Gasteiger partial charge in [-0.2, -0.15) is 0 Å². The van der Waals surface area contributed by atoms with Crippen molar-refractivity contribution in [1.82, 2.24) is 4.90 Å². The fraction of sp³-hybridized carbons (Fsp3) is 1.00. The highest BCUT2D eigenvalue weighted by Crippen LogP contribution is 2.35. The maximum atomic E-state index is 10.2. The van der Waals surface area contributed by atoms with Crippen LogP contribution in [0, 0.1) is 23.7 Å². The van der Waals surface area contributed by atoms with Crippen LogP contribution in [0.25, 0.3) is 0 Å². The van der Waals surface area contributed by atoms with Gasteiger partial charge in [0.05, 0.1) is 12.2 Å². The Balaban J connectivity index is 1.77. The van der Waals surface area contributed by atoms with Crippen LogP contribution in [0.1, 0.15) is 39.5 Å². The second kappa shape index (κ2) is 5.89. The van der Waals surface area contributed by atoms with Gasteiger partial charge in [0.1, 0.15) is 0 Å². The predicted octanol–water partition coefficient (Wildman–Crippen LogP) is 1.73. The first-order valence-corrected chi connectivity index (χ1v) is 7.50. The molecule has 2 aliphatic carbocycles. The standard InChI is InChI=1S/C15H29NO2/c1-10-4-11(2)14(15(18)5-10)9-16(3)8-12-6-13(17)7-12/h10-15,17-18H,4-9H2,1-3H3. The third kappa shape index (κ3) is 3.46. The van der Waals surface area contributed by atoms with Crippen molar-refractivity contribution in [2.24, 2.45) is 23.7 Å². The number of hydrogen-bond acceptors (Lipinski definition) is 3. The Morgan fingerprint density at radius 2 is 1.67 bits per heavy atom. The van der Waals surface area contributed by atoms with Crippen LogP contribution >= 0.6 is 0 Å². The summed E-state index contributed by atoms with van der Waals surface area (Å²) in [6, 6.07) is 0. The molecule has 0 aromatic carbocycles. The van der Waals surface area contributed by atoms with Gasteiger partial charge in [-0.05, 0) is 50.5 Å². The van der Waals surface area contributed by atoms with Gasteiger partial charge in [-0.3, -0.25) is 0 Å². The van der Waals surface area contributed by atoms with Crippen LogP contribution in [0.5, 0.6) is 0 Å². The van der Waals surface area contributed by atoms with Crippen molar-refractivity contribution in [3.63, 3.8) is 0 Å². The molecule has 0 aliphatic heterocycles. The summed E-state index contributed by atoms with van der Waals surface area (Å²) in [6.45, 7) is 6.60. The van der Waals surface area contributed by atoms with E-state index in [9.17, 15) is 10.2 Å². The van der Waals surface area contributed by atoms with Gasteiger partial charge in [-0.15, -0.1) is 0 Å². The van der Waals surface area contributed by atoms with Gasteiger partial charge >= 0.3 is 0 Å². The molecule has 106 valence electrons. The second-order valence-corrected chi connectivity index (χ2v) is 7.00. The molecule has 2 N–H and O–H groups in total.